The first-order valence-corrected chi connectivity index (χ1v) is 7.40. The average Bonchev–Trinajstić information content (AvgIpc) is 3.04. The summed E-state index contributed by atoms with van der Waals surface area (Å²) in [6, 6.07) is 13.5. The van der Waals surface area contributed by atoms with Gasteiger partial charge in [-0.2, -0.15) is 0 Å². The third-order valence-corrected chi connectivity index (χ3v) is 3.88. The zero-order chi connectivity index (χ0) is 15.5. The Hall–Kier alpha value is -2.20. The highest BCUT2D eigenvalue weighted by Gasteiger charge is 2.23. The van der Waals surface area contributed by atoms with Crippen molar-refractivity contribution in [3.05, 3.63) is 53.1 Å². The Morgan fingerprint density at radius 2 is 1.82 bits per heavy atom. The molecule has 2 aromatic rings. The monoisotopic (exact) mass is 316 g/mol. The van der Waals surface area contributed by atoms with E-state index in [4.69, 9.17) is 21.1 Å². The zero-order valence-corrected chi connectivity index (χ0v) is 13.3. The molecular formula is C17H17ClN2O2. The first-order chi connectivity index (χ1) is 10.7. The van der Waals surface area contributed by atoms with Crippen LogP contribution in [0.3, 0.4) is 0 Å². The third-order valence-electron chi connectivity index (χ3n) is 3.63. The van der Waals surface area contributed by atoms with Crippen LogP contribution in [-0.2, 0) is 0 Å². The van der Waals surface area contributed by atoms with Crippen LogP contribution in [0.2, 0.25) is 5.02 Å². The number of nitrogens with zero attached hydrogens (tertiary/aromatic N) is 2. The first-order valence-electron chi connectivity index (χ1n) is 7.03. The molecule has 0 unspecified atom stereocenters. The van der Waals surface area contributed by atoms with Gasteiger partial charge in [-0.25, -0.2) is 0 Å². The van der Waals surface area contributed by atoms with Crippen LogP contribution < -0.4 is 14.4 Å². The summed E-state index contributed by atoms with van der Waals surface area (Å²) in [6.45, 7) is 1.60. The van der Waals surface area contributed by atoms with Gasteiger partial charge in [0, 0.05) is 23.3 Å². The maximum absolute atomic E-state index is 5.97. The highest BCUT2D eigenvalue weighted by Crippen LogP contribution is 2.30. The van der Waals surface area contributed by atoms with Crippen LogP contribution in [-0.4, -0.2) is 33.1 Å². The van der Waals surface area contributed by atoms with Gasteiger partial charge in [0.1, 0.15) is 17.3 Å². The van der Waals surface area contributed by atoms with Crippen molar-refractivity contribution in [2.45, 2.75) is 0 Å². The van der Waals surface area contributed by atoms with Crippen molar-refractivity contribution in [2.75, 3.05) is 32.2 Å². The number of methoxy groups -OCH3 is 2. The molecule has 0 aliphatic carbocycles. The SMILES string of the molecule is COc1ccc(C2=NCCN2c2ccc(Cl)cc2)c(OC)c1. The highest BCUT2D eigenvalue weighted by atomic mass is 35.5. The summed E-state index contributed by atoms with van der Waals surface area (Å²) in [5, 5.41) is 0.725. The van der Waals surface area contributed by atoms with E-state index in [0.29, 0.717) is 0 Å². The number of hydrogen-bond donors (Lipinski definition) is 0. The topological polar surface area (TPSA) is 34.1 Å². The molecule has 0 spiro atoms. The molecule has 1 heterocycles. The van der Waals surface area contributed by atoms with E-state index in [-0.39, 0.29) is 0 Å². The molecular weight excluding hydrogens is 300 g/mol. The number of rotatable bonds is 4. The largest absolute Gasteiger partial charge is 0.497 e. The van der Waals surface area contributed by atoms with Crippen molar-refractivity contribution < 1.29 is 9.47 Å². The molecule has 1 aliphatic heterocycles. The Bertz CT molecular complexity index is 698. The Labute approximate surface area is 134 Å². The summed E-state index contributed by atoms with van der Waals surface area (Å²) in [5.41, 5.74) is 2.02. The van der Waals surface area contributed by atoms with Crippen molar-refractivity contribution in [3.63, 3.8) is 0 Å². The van der Waals surface area contributed by atoms with Crippen molar-refractivity contribution in [2.24, 2.45) is 4.99 Å². The smallest absolute Gasteiger partial charge is 0.139 e. The molecule has 1 aliphatic rings. The Morgan fingerprint density at radius 1 is 1.05 bits per heavy atom. The lowest BCUT2D eigenvalue weighted by Crippen LogP contribution is -2.28. The quantitative estimate of drug-likeness (QED) is 0.864. The fourth-order valence-electron chi connectivity index (χ4n) is 2.53. The third kappa shape index (κ3) is 2.74. The molecule has 22 heavy (non-hydrogen) atoms. The maximum atomic E-state index is 5.97. The standard InChI is InChI=1S/C17H17ClN2O2/c1-21-14-7-8-15(16(11-14)22-2)17-19-9-10-20(17)13-5-3-12(18)4-6-13/h3-8,11H,9-10H2,1-2H3. The molecule has 0 radical (unpaired) electrons. The van der Waals surface area contributed by atoms with Crippen LogP contribution in [0.1, 0.15) is 5.56 Å². The zero-order valence-electron chi connectivity index (χ0n) is 12.5. The first kappa shape index (κ1) is 14.7. The van der Waals surface area contributed by atoms with Crippen LogP contribution >= 0.6 is 11.6 Å². The molecule has 0 bridgehead atoms. The van der Waals surface area contributed by atoms with Gasteiger partial charge in [-0.1, -0.05) is 11.6 Å². The van der Waals surface area contributed by atoms with Gasteiger partial charge in [0.2, 0.25) is 0 Å². The summed E-state index contributed by atoms with van der Waals surface area (Å²) < 4.78 is 10.7. The van der Waals surface area contributed by atoms with Crippen LogP contribution in [0.15, 0.2) is 47.5 Å². The lowest BCUT2D eigenvalue weighted by atomic mass is 10.1. The lowest BCUT2D eigenvalue weighted by molar-refractivity contribution is 0.394. The van der Waals surface area contributed by atoms with Crippen molar-refractivity contribution >= 4 is 23.1 Å². The summed E-state index contributed by atoms with van der Waals surface area (Å²) in [7, 11) is 3.29. The van der Waals surface area contributed by atoms with Crippen LogP contribution in [0.4, 0.5) is 5.69 Å². The normalized spacial score (nSPS) is 14.0. The Balaban J connectivity index is 1.98. The van der Waals surface area contributed by atoms with Crippen LogP contribution in [0, 0.1) is 0 Å². The van der Waals surface area contributed by atoms with E-state index in [0.717, 1.165) is 46.7 Å². The van der Waals surface area contributed by atoms with Gasteiger partial charge in [0.15, 0.2) is 0 Å². The summed E-state index contributed by atoms with van der Waals surface area (Å²) in [4.78, 5) is 6.81. The van der Waals surface area contributed by atoms with E-state index in [1.165, 1.54) is 0 Å². The Morgan fingerprint density at radius 3 is 2.50 bits per heavy atom. The van der Waals surface area contributed by atoms with Gasteiger partial charge < -0.3 is 14.4 Å². The van der Waals surface area contributed by atoms with Crippen molar-refractivity contribution in [3.8, 4) is 11.5 Å². The summed E-state index contributed by atoms with van der Waals surface area (Å²) in [5.74, 6) is 2.41. The predicted octanol–water partition coefficient (Wildman–Crippen LogP) is 3.62. The van der Waals surface area contributed by atoms with Gasteiger partial charge >= 0.3 is 0 Å². The molecule has 114 valence electrons. The number of halogens is 1. The summed E-state index contributed by atoms with van der Waals surface area (Å²) >= 11 is 5.97. The van der Waals surface area contributed by atoms with E-state index in [9.17, 15) is 0 Å². The number of benzene rings is 2. The second-order valence-corrected chi connectivity index (χ2v) is 5.34. The van der Waals surface area contributed by atoms with E-state index < -0.39 is 0 Å². The van der Waals surface area contributed by atoms with Gasteiger partial charge in [-0.3, -0.25) is 4.99 Å². The second-order valence-electron chi connectivity index (χ2n) is 4.90. The minimum atomic E-state index is 0.725. The van der Waals surface area contributed by atoms with E-state index >= 15 is 0 Å². The second kappa shape index (κ2) is 6.28. The number of aliphatic imine (C=N–C) groups is 1. The molecule has 0 atom stereocenters. The van der Waals surface area contributed by atoms with Crippen LogP contribution in [0.25, 0.3) is 0 Å². The van der Waals surface area contributed by atoms with E-state index in [2.05, 4.69) is 9.89 Å². The molecule has 3 rings (SSSR count). The molecule has 0 N–H and O–H groups in total. The number of amidine groups is 1. The van der Waals surface area contributed by atoms with Gasteiger partial charge in [-0.05, 0) is 36.4 Å². The predicted molar refractivity (Wildman–Crippen MR) is 89.7 cm³/mol. The highest BCUT2D eigenvalue weighted by molar-refractivity contribution is 6.30. The van der Waals surface area contributed by atoms with Crippen LogP contribution in [0.5, 0.6) is 11.5 Å². The van der Waals surface area contributed by atoms with Gasteiger partial charge in [0.05, 0.1) is 26.3 Å². The lowest BCUT2D eigenvalue weighted by Gasteiger charge is -2.22. The molecule has 0 saturated carbocycles. The van der Waals surface area contributed by atoms with E-state index in [1.54, 1.807) is 14.2 Å². The minimum absolute atomic E-state index is 0.725. The molecule has 5 heteroatoms. The van der Waals surface area contributed by atoms with Gasteiger partial charge in [0.25, 0.3) is 0 Å². The molecule has 4 nitrogen and oxygen atoms in total. The average molecular weight is 317 g/mol. The van der Waals surface area contributed by atoms with Gasteiger partial charge in [-0.15, -0.1) is 0 Å². The Kier molecular flexibility index (Phi) is 4.20. The van der Waals surface area contributed by atoms with Crippen molar-refractivity contribution in [1.29, 1.82) is 0 Å². The van der Waals surface area contributed by atoms with Crippen molar-refractivity contribution in [1.82, 2.24) is 0 Å². The fraction of sp³-hybridized carbons (Fsp3) is 0.235. The maximum Gasteiger partial charge on any atom is 0.139 e. The number of anilines is 1. The van der Waals surface area contributed by atoms with E-state index in [1.807, 2.05) is 42.5 Å². The molecule has 0 fully saturated rings. The number of hydrogen-bond acceptors (Lipinski definition) is 4. The minimum Gasteiger partial charge on any atom is -0.497 e. The molecule has 0 saturated heterocycles. The molecule has 0 amide bonds. The fourth-order valence-corrected chi connectivity index (χ4v) is 2.66. The molecule has 2 aromatic carbocycles. The number of ether oxygens (including phenoxy) is 2. The summed E-state index contributed by atoms with van der Waals surface area (Å²) in [6.07, 6.45) is 0. The molecule has 0 aromatic heterocycles.